The van der Waals surface area contributed by atoms with E-state index in [4.69, 9.17) is 11.6 Å². The summed E-state index contributed by atoms with van der Waals surface area (Å²) in [5.41, 5.74) is 0.695. The number of rotatable bonds is 4. The van der Waals surface area contributed by atoms with E-state index in [0.29, 0.717) is 21.2 Å². The van der Waals surface area contributed by atoms with Crippen molar-refractivity contribution in [2.75, 3.05) is 17.7 Å². The molecule has 2 nitrogen and oxygen atoms in total. The average Bonchev–Trinajstić information content (AvgIpc) is 2.15. The maximum atomic E-state index is 12.9. The van der Waals surface area contributed by atoms with Gasteiger partial charge in [-0.15, -0.1) is 11.6 Å². The fourth-order valence-corrected chi connectivity index (χ4v) is 2.51. The van der Waals surface area contributed by atoms with Crippen molar-refractivity contribution < 1.29 is 9.50 Å². The highest BCUT2D eigenvalue weighted by Crippen LogP contribution is 2.31. The van der Waals surface area contributed by atoms with Gasteiger partial charge in [0.2, 0.25) is 0 Å². The molecule has 1 rings (SSSR count). The number of anilines is 1. The summed E-state index contributed by atoms with van der Waals surface area (Å²) in [5, 5.41) is 12.2. The van der Waals surface area contributed by atoms with Gasteiger partial charge in [0.25, 0.3) is 0 Å². The lowest BCUT2D eigenvalue weighted by Gasteiger charge is -2.13. The molecule has 0 radical (unpaired) electrons. The van der Waals surface area contributed by atoms with Gasteiger partial charge in [0.15, 0.2) is 0 Å². The van der Waals surface area contributed by atoms with Crippen LogP contribution in [0.2, 0.25) is 0 Å². The second kappa shape index (κ2) is 6.03. The number of nitrogens with one attached hydrogen (secondary N) is 1. The SMILES string of the molecule is OC(CCl)CNc1c(Br)cc(F)cc1Br. The van der Waals surface area contributed by atoms with Crippen molar-refractivity contribution in [2.45, 2.75) is 6.10 Å². The standard InChI is InChI=1S/C9H9Br2ClFNO/c10-7-1-5(13)2-8(11)9(7)14-4-6(15)3-12/h1-2,6,14-15H,3-4H2. The number of alkyl halides is 1. The Balaban J connectivity index is 2.77. The molecule has 84 valence electrons. The highest BCUT2D eigenvalue weighted by Gasteiger charge is 2.09. The van der Waals surface area contributed by atoms with Gasteiger partial charge in [-0.3, -0.25) is 0 Å². The van der Waals surface area contributed by atoms with Gasteiger partial charge in [0, 0.05) is 15.5 Å². The minimum absolute atomic E-state index is 0.156. The molecule has 0 heterocycles. The van der Waals surface area contributed by atoms with E-state index in [2.05, 4.69) is 37.2 Å². The molecule has 1 aromatic carbocycles. The molecule has 0 aliphatic heterocycles. The normalized spacial score (nSPS) is 12.6. The summed E-state index contributed by atoms with van der Waals surface area (Å²) in [4.78, 5) is 0. The van der Waals surface area contributed by atoms with E-state index in [9.17, 15) is 9.50 Å². The van der Waals surface area contributed by atoms with E-state index < -0.39 is 6.10 Å². The molecule has 0 amide bonds. The van der Waals surface area contributed by atoms with Crippen LogP contribution < -0.4 is 5.32 Å². The molecular formula is C9H9Br2ClFNO. The highest BCUT2D eigenvalue weighted by atomic mass is 79.9. The van der Waals surface area contributed by atoms with E-state index in [0.717, 1.165) is 0 Å². The number of benzene rings is 1. The quantitative estimate of drug-likeness (QED) is 0.806. The fourth-order valence-electron chi connectivity index (χ4n) is 0.986. The predicted octanol–water partition coefficient (Wildman–Crippen LogP) is 3.36. The molecule has 0 aromatic heterocycles. The van der Waals surface area contributed by atoms with Crippen LogP contribution >= 0.6 is 43.5 Å². The first-order valence-electron chi connectivity index (χ1n) is 4.17. The van der Waals surface area contributed by atoms with Crippen molar-refractivity contribution in [1.82, 2.24) is 0 Å². The number of hydrogen-bond acceptors (Lipinski definition) is 2. The second-order valence-corrected chi connectivity index (χ2v) is 4.95. The monoisotopic (exact) mass is 359 g/mol. The molecule has 0 saturated carbocycles. The maximum Gasteiger partial charge on any atom is 0.125 e. The summed E-state index contributed by atoms with van der Waals surface area (Å²) in [6.07, 6.45) is -0.629. The third-order valence-electron chi connectivity index (χ3n) is 1.70. The fraction of sp³-hybridized carbons (Fsp3) is 0.333. The van der Waals surface area contributed by atoms with Crippen LogP contribution in [0.15, 0.2) is 21.1 Å². The van der Waals surface area contributed by atoms with Gasteiger partial charge in [0.1, 0.15) is 5.82 Å². The summed E-state index contributed by atoms with van der Waals surface area (Å²) < 4.78 is 14.1. The lowest BCUT2D eigenvalue weighted by Crippen LogP contribution is -2.21. The Morgan fingerprint density at radius 2 is 1.93 bits per heavy atom. The minimum Gasteiger partial charge on any atom is -0.390 e. The molecule has 1 atom stereocenters. The zero-order valence-electron chi connectivity index (χ0n) is 7.61. The molecule has 1 unspecified atom stereocenters. The van der Waals surface area contributed by atoms with Crippen LogP contribution in [0.1, 0.15) is 0 Å². The Hall–Kier alpha value is 0.160. The molecule has 0 spiro atoms. The van der Waals surface area contributed by atoms with Gasteiger partial charge in [0.05, 0.1) is 17.7 Å². The van der Waals surface area contributed by atoms with Crippen molar-refractivity contribution in [3.63, 3.8) is 0 Å². The molecule has 0 fully saturated rings. The second-order valence-electron chi connectivity index (χ2n) is 2.93. The summed E-state index contributed by atoms with van der Waals surface area (Å²) in [6.45, 7) is 0.312. The minimum atomic E-state index is -0.629. The van der Waals surface area contributed by atoms with Crippen LogP contribution in [0, 0.1) is 5.82 Å². The summed E-state index contributed by atoms with van der Waals surface area (Å²) in [7, 11) is 0. The lowest BCUT2D eigenvalue weighted by molar-refractivity contribution is 0.211. The number of aliphatic hydroxyl groups is 1. The van der Waals surface area contributed by atoms with Crippen molar-refractivity contribution in [2.24, 2.45) is 0 Å². The van der Waals surface area contributed by atoms with Crippen molar-refractivity contribution >= 4 is 49.1 Å². The Morgan fingerprint density at radius 3 is 2.40 bits per heavy atom. The first kappa shape index (κ1) is 13.2. The Kier molecular flexibility index (Phi) is 5.32. The van der Waals surface area contributed by atoms with Crippen LogP contribution in [-0.4, -0.2) is 23.6 Å². The molecule has 6 heteroatoms. The van der Waals surface area contributed by atoms with Gasteiger partial charge in [-0.1, -0.05) is 0 Å². The molecule has 0 aliphatic rings. The summed E-state index contributed by atoms with van der Waals surface area (Å²) in [6, 6.07) is 2.69. The van der Waals surface area contributed by atoms with Crippen LogP contribution in [0.5, 0.6) is 0 Å². The molecule has 0 bridgehead atoms. The van der Waals surface area contributed by atoms with E-state index in [1.165, 1.54) is 12.1 Å². The Bertz CT molecular complexity index is 328. The Labute approximate surface area is 109 Å². The average molecular weight is 361 g/mol. The third-order valence-corrected chi connectivity index (χ3v) is 3.31. The first-order chi connectivity index (χ1) is 7.04. The van der Waals surface area contributed by atoms with E-state index in [1.807, 2.05) is 0 Å². The van der Waals surface area contributed by atoms with Gasteiger partial charge in [-0.2, -0.15) is 0 Å². The smallest absolute Gasteiger partial charge is 0.125 e. The molecular weight excluding hydrogens is 352 g/mol. The lowest BCUT2D eigenvalue weighted by atomic mass is 10.3. The summed E-state index contributed by atoms with van der Waals surface area (Å²) >= 11 is 11.9. The maximum absolute atomic E-state index is 12.9. The van der Waals surface area contributed by atoms with E-state index >= 15 is 0 Å². The molecule has 0 saturated heterocycles. The van der Waals surface area contributed by atoms with E-state index in [-0.39, 0.29) is 11.7 Å². The van der Waals surface area contributed by atoms with Crippen LogP contribution in [0.25, 0.3) is 0 Å². The third kappa shape index (κ3) is 3.90. The first-order valence-corrected chi connectivity index (χ1v) is 6.29. The van der Waals surface area contributed by atoms with Crippen LogP contribution in [0.3, 0.4) is 0 Å². The topological polar surface area (TPSA) is 32.3 Å². The number of halogens is 4. The Morgan fingerprint density at radius 1 is 1.40 bits per heavy atom. The summed E-state index contributed by atoms with van der Waals surface area (Å²) in [5.74, 6) is -0.180. The largest absolute Gasteiger partial charge is 0.390 e. The predicted molar refractivity (Wildman–Crippen MR) is 67.0 cm³/mol. The van der Waals surface area contributed by atoms with Crippen molar-refractivity contribution in [3.05, 3.63) is 26.9 Å². The molecule has 0 aliphatic carbocycles. The number of hydrogen-bond donors (Lipinski definition) is 2. The molecule has 2 N–H and O–H groups in total. The van der Waals surface area contributed by atoms with Gasteiger partial charge < -0.3 is 10.4 Å². The van der Waals surface area contributed by atoms with Crippen LogP contribution in [0.4, 0.5) is 10.1 Å². The molecule has 15 heavy (non-hydrogen) atoms. The van der Waals surface area contributed by atoms with Gasteiger partial charge in [-0.25, -0.2) is 4.39 Å². The van der Waals surface area contributed by atoms with Crippen molar-refractivity contribution in [3.8, 4) is 0 Å². The zero-order chi connectivity index (χ0) is 11.4. The molecule has 1 aromatic rings. The van der Waals surface area contributed by atoms with Crippen LogP contribution in [-0.2, 0) is 0 Å². The highest BCUT2D eigenvalue weighted by molar-refractivity contribution is 9.11. The van der Waals surface area contributed by atoms with E-state index in [1.54, 1.807) is 0 Å². The van der Waals surface area contributed by atoms with Crippen molar-refractivity contribution in [1.29, 1.82) is 0 Å². The number of aliphatic hydroxyl groups excluding tert-OH is 1. The van der Waals surface area contributed by atoms with Gasteiger partial charge >= 0.3 is 0 Å². The zero-order valence-corrected chi connectivity index (χ0v) is 11.5. The van der Waals surface area contributed by atoms with Gasteiger partial charge in [-0.05, 0) is 44.0 Å².